The summed E-state index contributed by atoms with van der Waals surface area (Å²) in [4.78, 5) is 38.4. The zero-order chi connectivity index (χ0) is 19.8. The van der Waals surface area contributed by atoms with Crippen LogP contribution in [0.1, 0.15) is 44.2 Å². The third kappa shape index (κ3) is 3.89. The molecule has 2 aromatic rings. The highest BCUT2D eigenvalue weighted by molar-refractivity contribution is 6.11. The number of ether oxygens (including phenoxy) is 1. The number of likely N-dealkylation sites (tertiary alicyclic amines) is 1. The molecule has 8 heteroatoms. The van der Waals surface area contributed by atoms with Gasteiger partial charge in [0.25, 0.3) is 5.91 Å². The number of anilines is 1. The van der Waals surface area contributed by atoms with E-state index in [2.05, 4.69) is 5.32 Å². The Hall–Kier alpha value is -3.03. The fourth-order valence-corrected chi connectivity index (χ4v) is 3.13. The molecule has 3 amide bonds. The van der Waals surface area contributed by atoms with Crippen molar-refractivity contribution in [3.8, 4) is 0 Å². The van der Waals surface area contributed by atoms with E-state index in [0.29, 0.717) is 30.4 Å². The molecule has 1 atom stereocenters. The number of carbonyl (C=O) groups excluding carboxylic acids is 3. The normalized spacial score (nSPS) is 17.1. The van der Waals surface area contributed by atoms with Crippen molar-refractivity contribution in [2.24, 2.45) is 5.73 Å². The van der Waals surface area contributed by atoms with Gasteiger partial charge in [0, 0.05) is 11.9 Å². The quantitative estimate of drug-likeness (QED) is 0.858. The summed E-state index contributed by atoms with van der Waals surface area (Å²) >= 11 is 0. The Labute approximate surface area is 156 Å². The summed E-state index contributed by atoms with van der Waals surface area (Å²) in [5.74, 6) is -1.31. The van der Waals surface area contributed by atoms with Crippen molar-refractivity contribution < 1.29 is 23.5 Å². The molecule has 0 radical (unpaired) electrons. The highest BCUT2D eigenvalue weighted by Crippen LogP contribution is 2.31. The van der Waals surface area contributed by atoms with E-state index in [1.165, 1.54) is 4.90 Å². The van der Waals surface area contributed by atoms with Crippen LogP contribution in [-0.4, -0.2) is 41.0 Å². The number of nitrogens with zero attached hydrogens (tertiary/aromatic N) is 1. The Morgan fingerprint density at radius 1 is 1.26 bits per heavy atom. The summed E-state index contributed by atoms with van der Waals surface area (Å²) in [6.07, 6.45) is 0.658. The van der Waals surface area contributed by atoms with Crippen molar-refractivity contribution >= 4 is 34.6 Å². The summed E-state index contributed by atoms with van der Waals surface area (Å²) < 4.78 is 10.9. The van der Waals surface area contributed by atoms with Crippen molar-refractivity contribution in [1.29, 1.82) is 0 Å². The second-order valence-corrected chi connectivity index (χ2v) is 7.49. The van der Waals surface area contributed by atoms with Gasteiger partial charge in [-0.05, 0) is 45.7 Å². The zero-order valence-corrected chi connectivity index (χ0v) is 15.6. The molecular weight excluding hydrogens is 350 g/mol. The van der Waals surface area contributed by atoms with Gasteiger partial charge in [0.2, 0.25) is 11.7 Å². The molecule has 3 rings (SSSR count). The van der Waals surface area contributed by atoms with Crippen LogP contribution >= 0.6 is 0 Å². The van der Waals surface area contributed by atoms with Crippen LogP contribution in [0.5, 0.6) is 0 Å². The summed E-state index contributed by atoms with van der Waals surface area (Å²) in [5, 5.41) is 3.29. The van der Waals surface area contributed by atoms with Crippen molar-refractivity contribution in [2.45, 2.75) is 45.3 Å². The molecule has 144 valence electrons. The van der Waals surface area contributed by atoms with Gasteiger partial charge in [0.1, 0.15) is 22.9 Å². The topological polar surface area (TPSA) is 115 Å². The maximum absolute atomic E-state index is 12.9. The average molecular weight is 373 g/mol. The van der Waals surface area contributed by atoms with E-state index >= 15 is 0 Å². The summed E-state index contributed by atoms with van der Waals surface area (Å²) in [5.41, 5.74) is 5.39. The smallest absolute Gasteiger partial charge is 0.410 e. The number of nitrogens with one attached hydrogen (secondary N) is 1. The van der Waals surface area contributed by atoms with Gasteiger partial charge in [0.15, 0.2) is 0 Å². The monoisotopic (exact) mass is 373 g/mol. The Morgan fingerprint density at radius 2 is 1.96 bits per heavy atom. The van der Waals surface area contributed by atoms with Gasteiger partial charge in [-0.25, -0.2) is 4.79 Å². The predicted octanol–water partition coefficient (Wildman–Crippen LogP) is 2.87. The largest absolute Gasteiger partial charge is 0.449 e. The second kappa shape index (κ2) is 6.94. The van der Waals surface area contributed by atoms with E-state index in [1.807, 2.05) is 0 Å². The summed E-state index contributed by atoms with van der Waals surface area (Å²) in [7, 11) is 0. The van der Waals surface area contributed by atoms with Crippen LogP contribution in [0, 0.1) is 0 Å². The highest BCUT2D eigenvalue weighted by Gasteiger charge is 2.37. The third-order valence-corrected chi connectivity index (χ3v) is 4.25. The van der Waals surface area contributed by atoms with Crippen LogP contribution in [0.3, 0.4) is 0 Å². The molecule has 0 unspecified atom stereocenters. The van der Waals surface area contributed by atoms with E-state index in [4.69, 9.17) is 14.9 Å². The lowest BCUT2D eigenvalue weighted by molar-refractivity contribution is -0.120. The number of rotatable bonds is 3. The minimum absolute atomic E-state index is 0.119. The van der Waals surface area contributed by atoms with Crippen LogP contribution in [0.25, 0.3) is 11.0 Å². The SMILES string of the molecule is CC(C)(C)OC(=O)N1CCC[C@H]1C(=O)Nc1c(C(N)=O)oc2ccccc12. The van der Waals surface area contributed by atoms with Gasteiger partial charge in [0.05, 0.1) is 0 Å². The summed E-state index contributed by atoms with van der Waals surface area (Å²) in [6.45, 7) is 5.74. The molecule has 1 fully saturated rings. The van der Waals surface area contributed by atoms with Crippen molar-refractivity contribution in [1.82, 2.24) is 4.90 Å². The lowest BCUT2D eigenvalue weighted by Gasteiger charge is -2.28. The predicted molar refractivity (Wildman–Crippen MR) is 99.3 cm³/mol. The number of para-hydroxylation sites is 1. The molecule has 3 N–H and O–H groups in total. The molecule has 1 aromatic carbocycles. The van der Waals surface area contributed by atoms with Gasteiger partial charge in [-0.1, -0.05) is 12.1 Å². The fraction of sp³-hybridized carbons (Fsp3) is 0.421. The number of benzene rings is 1. The molecular formula is C19H23N3O5. The van der Waals surface area contributed by atoms with Crippen LogP contribution in [0.2, 0.25) is 0 Å². The Kier molecular flexibility index (Phi) is 4.82. The van der Waals surface area contributed by atoms with Gasteiger partial charge in [-0.15, -0.1) is 0 Å². The fourth-order valence-electron chi connectivity index (χ4n) is 3.13. The minimum atomic E-state index is -0.781. The van der Waals surface area contributed by atoms with Crippen LogP contribution in [0.4, 0.5) is 10.5 Å². The minimum Gasteiger partial charge on any atom is -0.449 e. The van der Waals surface area contributed by atoms with E-state index in [0.717, 1.165) is 0 Å². The lowest BCUT2D eigenvalue weighted by atomic mass is 10.1. The van der Waals surface area contributed by atoms with Crippen LogP contribution in [-0.2, 0) is 9.53 Å². The lowest BCUT2D eigenvalue weighted by Crippen LogP contribution is -2.45. The molecule has 1 aliphatic rings. The number of primary amides is 1. The van der Waals surface area contributed by atoms with Gasteiger partial charge < -0.3 is 20.2 Å². The van der Waals surface area contributed by atoms with Crippen LogP contribution in [0.15, 0.2) is 28.7 Å². The first kappa shape index (κ1) is 18.8. The van der Waals surface area contributed by atoms with Gasteiger partial charge in [-0.3, -0.25) is 14.5 Å². The molecule has 1 aromatic heterocycles. The van der Waals surface area contributed by atoms with E-state index in [-0.39, 0.29) is 11.4 Å². The maximum Gasteiger partial charge on any atom is 0.410 e. The van der Waals surface area contributed by atoms with Gasteiger partial charge >= 0.3 is 6.09 Å². The average Bonchev–Trinajstić information content (AvgIpc) is 3.18. The number of fused-ring (bicyclic) bond motifs is 1. The molecule has 1 saturated heterocycles. The highest BCUT2D eigenvalue weighted by atomic mass is 16.6. The molecule has 1 aliphatic heterocycles. The molecule has 2 heterocycles. The molecule has 0 aliphatic carbocycles. The first-order valence-corrected chi connectivity index (χ1v) is 8.79. The first-order valence-electron chi connectivity index (χ1n) is 8.79. The molecule has 8 nitrogen and oxygen atoms in total. The van der Waals surface area contributed by atoms with Crippen molar-refractivity contribution in [3.05, 3.63) is 30.0 Å². The Morgan fingerprint density at radius 3 is 2.63 bits per heavy atom. The number of carbonyl (C=O) groups is 3. The molecule has 0 saturated carbocycles. The van der Waals surface area contributed by atoms with Gasteiger partial charge in [-0.2, -0.15) is 0 Å². The third-order valence-electron chi connectivity index (χ3n) is 4.25. The van der Waals surface area contributed by atoms with Crippen molar-refractivity contribution in [2.75, 3.05) is 11.9 Å². The Balaban J connectivity index is 1.85. The molecule has 0 spiro atoms. The number of amides is 3. The standard InChI is InChI=1S/C19H23N3O5/c1-19(2,3)27-18(25)22-10-6-8-12(22)17(24)21-14-11-7-4-5-9-13(11)26-15(14)16(20)23/h4-5,7,9,12H,6,8,10H2,1-3H3,(H2,20,23)(H,21,24)/t12-/m0/s1. The second-order valence-electron chi connectivity index (χ2n) is 7.49. The number of hydrogen-bond donors (Lipinski definition) is 2. The Bertz CT molecular complexity index is 896. The molecule has 27 heavy (non-hydrogen) atoms. The maximum atomic E-state index is 12.9. The summed E-state index contributed by atoms with van der Waals surface area (Å²) in [6, 6.07) is 6.24. The first-order chi connectivity index (χ1) is 12.7. The van der Waals surface area contributed by atoms with E-state index in [1.54, 1.807) is 45.0 Å². The zero-order valence-electron chi connectivity index (χ0n) is 15.6. The number of nitrogens with two attached hydrogens (primary N) is 1. The van der Waals surface area contributed by atoms with E-state index in [9.17, 15) is 14.4 Å². The molecule has 0 bridgehead atoms. The number of furan rings is 1. The van der Waals surface area contributed by atoms with E-state index < -0.39 is 29.6 Å². The van der Waals surface area contributed by atoms with Crippen LogP contribution < -0.4 is 11.1 Å². The number of hydrogen-bond acceptors (Lipinski definition) is 5. The van der Waals surface area contributed by atoms with Crippen molar-refractivity contribution in [3.63, 3.8) is 0 Å².